The predicted octanol–water partition coefficient (Wildman–Crippen LogP) is 3.20. The molecule has 0 aliphatic carbocycles. The van der Waals surface area contributed by atoms with E-state index in [1.165, 1.54) is 15.6 Å². The van der Waals surface area contributed by atoms with Gasteiger partial charge in [0.05, 0.1) is 5.92 Å². The molecule has 1 aliphatic heterocycles. The van der Waals surface area contributed by atoms with Gasteiger partial charge in [0.15, 0.2) is 0 Å². The summed E-state index contributed by atoms with van der Waals surface area (Å²) in [7, 11) is 0. The lowest BCUT2D eigenvalue weighted by Crippen LogP contribution is -2.49. The SMILES string of the molecule is CC1CC(C(=O)O)CN(C(=O)NCCc2csc3ccccc23)C1. The Kier molecular flexibility index (Phi) is 5.04. The maximum Gasteiger partial charge on any atom is 0.317 e. The molecule has 0 saturated carbocycles. The van der Waals surface area contributed by atoms with E-state index in [1.807, 2.05) is 19.1 Å². The van der Waals surface area contributed by atoms with Gasteiger partial charge < -0.3 is 15.3 Å². The molecule has 2 atom stereocenters. The van der Waals surface area contributed by atoms with Gasteiger partial charge in [-0.15, -0.1) is 11.3 Å². The van der Waals surface area contributed by atoms with E-state index in [4.69, 9.17) is 0 Å². The lowest BCUT2D eigenvalue weighted by Gasteiger charge is -2.34. The molecule has 1 aromatic heterocycles. The first kappa shape index (κ1) is 16.8. The van der Waals surface area contributed by atoms with Crippen molar-refractivity contribution < 1.29 is 14.7 Å². The highest BCUT2D eigenvalue weighted by Crippen LogP contribution is 2.26. The number of hydrogen-bond donors (Lipinski definition) is 2. The predicted molar refractivity (Wildman–Crippen MR) is 95.4 cm³/mol. The molecule has 2 amide bonds. The first-order chi connectivity index (χ1) is 11.5. The quantitative estimate of drug-likeness (QED) is 0.893. The number of rotatable bonds is 4. The summed E-state index contributed by atoms with van der Waals surface area (Å²) in [4.78, 5) is 25.2. The second-order valence-electron chi connectivity index (χ2n) is 6.52. The van der Waals surface area contributed by atoms with Crippen LogP contribution in [0.3, 0.4) is 0 Å². The summed E-state index contributed by atoms with van der Waals surface area (Å²) in [5.74, 6) is -1.06. The second kappa shape index (κ2) is 7.21. The third-order valence-electron chi connectivity index (χ3n) is 4.53. The Hall–Kier alpha value is -2.08. The van der Waals surface area contributed by atoms with Gasteiger partial charge in [-0.05, 0) is 41.2 Å². The third-order valence-corrected chi connectivity index (χ3v) is 5.54. The fraction of sp³-hybridized carbons (Fsp3) is 0.444. The Morgan fingerprint density at radius 1 is 1.33 bits per heavy atom. The van der Waals surface area contributed by atoms with Crippen molar-refractivity contribution in [1.29, 1.82) is 0 Å². The molecule has 24 heavy (non-hydrogen) atoms. The lowest BCUT2D eigenvalue weighted by atomic mass is 9.91. The van der Waals surface area contributed by atoms with Gasteiger partial charge in [-0.3, -0.25) is 4.79 Å². The zero-order valence-corrected chi connectivity index (χ0v) is 14.5. The average Bonchev–Trinajstić information content (AvgIpc) is 2.97. The maximum absolute atomic E-state index is 12.3. The van der Waals surface area contributed by atoms with E-state index in [1.54, 1.807) is 16.2 Å². The first-order valence-corrected chi connectivity index (χ1v) is 9.13. The molecule has 3 rings (SSSR count). The van der Waals surface area contributed by atoms with Crippen LogP contribution in [0, 0.1) is 11.8 Å². The van der Waals surface area contributed by atoms with Gasteiger partial charge in [0, 0.05) is 24.3 Å². The molecular formula is C18H22N2O3S. The van der Waals surface area contributed by atoms with Crippen molar-refractivity contribution in [2.45, 2.75) is 19.8 Å². The van der Waals surface area contributed by atoms with Crippen molar-refractivity contribution in [3.63, 3.8) is 0 Å². The number of hydrogen-bond acceptors (Lipinski definition) is 3. The normalized spacial score (nSPS) is 21.0. The molecule has 6 heteroatoms. The number of piperidine rings is 1. The Morgan fingerprint density at radius 2 is 2.12 bits per heavy atom. The summed E-state index contributed by atoms with van der Waals surface area (Å²) in [5, 5.41) is 15.5. The summed E-state index contributed by atoms with van der Waals surface area (Å²) in [6.45, 7) is 3.47. The van der Waals surface area contributed by atoms with Gasteiger partial charge in [0.1, 0.15) is 0 Å². The summed E-state index contributed by atoms with van der Waals surface area (Å²) < 4.78 is 1.26. The minimum Gasteiger partial charge on any atom is -0.481 e. The largest absolute Gasteiger partial charge is 0.481 e. The van der Waals surface area contributed by atoms with Crippen LogP contribution in [0.5, 0.6) is 0 Å². The molecule has 1 saturated heterocycles. The van der Waals surface area contributed by atoms with E-state index >= 15 is 0 Å². The van der Waals surface area contributed by atoms with E-state index in [9.17, 15) is 14.7 Å². The summed E-state index contributed by atoms with van der Waals surface area (Å²) >= 11 is 1.72. The van der Waals surface area contributed by atoms with E-state index in [0.717, 1.165) is 6.42 Å². The molecular weight excluding hydrogens is 324 g/mol. The Morgan fingerprint density at radius 3 is 2.92 bits per heavy atom. The van der Waals surface area contributed by atoms with Gasteiger partial charge in [0.2, 0.25) is 0 Å². The number of aliphatic carboxylic acids is 1. The highest BCUT2D eigenvalue weighted by molar-refractivity contribution is 7.17. The molecule has 0 spiro atoms. The van der Waals surface area contributed by atoms with Crippen LogP contribution >= 0.6 is 11.3 Å². The fourth-order valence-corrected chi connectivity index (χ4v) is 4.34. The van der Waals surface area contributed by atoms with Gasteiger partial charge >= 0.3 is 12.0 Å². The number of nitrogens with zero attached hydrogens (tertiary/aromatic N) is 1. The third kappa shape index (κ3) is 3.70. The number of thiophene rings is 1. The highest BCUT2D eigenvalue weighted by Gasteiger charge is 2.31. The van der Waals surface area contributed by atoms with Crippen molar-refractivity contribution in [3.8, 4) is 0 Å². The number of nitrogens with one attached hydrogen (secondary N) is 1. The van der Waals surface area contributed by atoms with Gasteiger partial charge in [0.25, 0.3) is 0 Å². The summed E-state index contributed by atoms with van der Waals surface area (Å²) in [5.41, 5.74) is 1.24. The van der Waals surface area contributed by atoms with Crippen LogP contribution in [0.2, 0.25) is 0 Å². The number of carboxylic acids is 1. The minimum atomic E-state index is -0.816. The molecule has 2 N–H and O–H groups in total. The van der Waals surface area contributed by atoms with Gasteiger partial charge in [-0.1, -0.05) is 25.1 Å². The number of likely N-dealkylation sites (tertiary alicyclic amines) is 1. The minimum absolute atomic E-state index is 0.160. The Balaban J connectivity index is 1.54. The fourth-order valence-electron chi connectivity index (χ4n) is 3.34. The number of fused-ring (bicyclic) bond motifs is 1. The number of carbonyl (C=O) groups is 2. The number of carboxylic acid groups (broad SMARTS) is 1. The molecule has 0 radical (unpaired) electrons. The average molecular weight is 346 g/mol. The van der Waals surface area contributed by atoms with Gasteiger partial charge in [-0.25, -0.2) is 4.79 Å². The Bertz CT molecular complexity index is 743. The number of carbonyl (C=O) groups excluding carboxylic acids is 1. The van der Waals surface area contributed by atoms with E-state index in [0.29, 0.717) is 26.1 Å². The molecule has 128 valence electrons. The zero-order chi connectivity index (χ0) is 17.1. The summed E-state index contributed by atoms with van der Waals surface area (Å²) in [6.07, 6.45) is 1.42. The molecule has 1 fully saturated rings. The van der Waals surface area contributed by atoms with Crippen molar-refractivity contribution in [1.82, 2.24) is 10.2 Å². The number of urea groups is 1. The second-order valence-corrected chi connectivity index (χ2v) is 7.43. The zero-order valence-electron chi connectivity index (χ0n) is 13.7. The molecule has 5 nitrogen and oxygen atoms in total. The smallest absolute Gasteiger partial charge is 0.317 e. The van der Waals surface area contributed by atoms with Crippen LogP contribution in [0.4, 0.5) is 4.79 Å². The van der Waals surface area contributed by atoms with Crippen LogP contribution in [-0.2, 0) is 11.2 Å². The van der Waals surface area contributed by atoms with Crippen LogP contribution in [0.1, 0.15) is 18.9 Å². The molecule has 2 aromatic rings. The van der Waals surface area contributed by atoms with Crippen LogP contribution in [-0.4, -0.2) is 41.6 Å². The Labute approximate surface area is 145 Å². The van der Waals surface area contributed by atoms with E-state index in [-0.39, 0.29) is 11.9 Å². The van der Waals surface area contributed by atoms with Crippen LogP contribution in [0.15, 0.2) is 29.6 Å². The van der Waals surface area contributed by atoms with Crippen molar-refractivity contribution in [2.24, 2.45) is 11.8 Å². The van der Waals surface area contributed by atoms with Crippen LogP contribution < -0.4 is 5.32 Å². The monoisotopic (exact) mass is 346 g/mol. The standard InChI is InChI=1S/C18H22N2O3S/c1-12-8-14(17(21)22)10-20(9-12)18(23)19-7-6-13-11-24-16-5-3-2-4-15(13)16/h2-5,11-12,14H,6-10H2,1H3,(H,19,23)(H,21,22). The molecule has 0 bridgehead atoms. The highest BCUT2D eigenvalue weighted by atomic mass is 32.1. The molecule has 2 unspecified atom stereocenters. The van der Waals surface area contributed by atoms with Crippen molar-refractivity contribution >= 4 is 33.4 Å². The molecule has 1 aliphatic rings. The van der Waals surface area contributed by atoms with Crippen molar-refractivity contribution in [3.05, 3.63) is 35.2 Å². The maximum atomic E-state index is 12.3. The van der Waals surface area contributed by atoms with Crippen LogP contribution in [0.25, 0.3) is 10.1 Å². The van der Waals surface area contributed by atoms with Gasteiger partial charge in [-0.2, -0.15) is 0 Å². The van der Waals surface area contributed by atoms with Crippen molar-refractivity contribution in [2.75, 3.05) is 19.6 Å². The number of benzene rings is 1. The number of amides is 2. The molecule has 1 aromatic carbocycles. The first-order valence-electron chi connectivity index (χ1n) is 8.25. The topological polar surface area (TPSA) is 69.6 Å². The summed E-state index contributed by atoms with van der Waals surface area (Å²) in [6, 6.07) is 8.10. The molecule has 2 heterocycles. The lowest BCUT2D eigenvalue weighted by molar-refractivity contribution is -0.143. The van der Waals surface area contributed by atoms with E-state index in [2.05, 4.69) is 22.8 Å². The van der Waals surface area contributed by atoms with E-state index < -0.39 is 11.9 Å².